The lowest BCUT2D eigenvalue weighted by Crippen LogP contribution is -3.00. The van der Waals surface area contributed by atoms with Crippen molar-refractivity contribution in [1.82, 2.24) is 0 Å². The van der Waals surface area contributed by atoms with Gasteiger partial charge in [-0.2, -0.15) is 0 Å². The van der Waals surface area contributed by atoms with E-state index < -0.39 is 0 Å². The molecule has 2 rings (SSSR count). The Kier molecular flexibility index (Phi) is 4.96. The highest BCUT2D eigenvalue weighted by Crippen LogP contribution is 2.30. The van der Waals surface area contributed by atoms with Gasteiger partial charge in [-0.1, -0.05) is 12.1 Å². The summed E-state index contributed by atoms with van der Waals surface area (Å²) in [5.74, 6) is 0.590. The molecule has 1 aliphatic rings. The number of rotatable bonds is 3. The van der Waals surface area contributed by atoms with E-state index in [1.807, 2.05) is 6.07 Å². The van der Waals surface area contributed by atoms with Gasteiger partial charge in [0, 0.05) is 12.5 Å². The van der Waals surface area contributed by atoms with Crippen molar-refractivity contribution < 1.29 is 21.8 Å². The predicted molar refractivity (Wildman–Crippen MR) is 67.1 cm³/mol. The van der Waals surface area contributed by atoms with Crippen molar-refractivity contribution in [3.05, 3.63) is 39.4 Å². The molecule has 100 valence electrons. The Hall–Kier alpha value is -0.840. The lowest BCUT2D eigenvalue weighted by Gasteiger charge is -2.37. The van der Waals surface area contributed by atoms with Gasteiger partial charge in [0.05, 0.1) is 36.5 Å². The lowest BCUT2D eigenvalue weighted by atomic mass is 9.96. The molecule has 0 N–H and O–H groups in total. The highest BCUT2D eigenvalue weighted by molar-refractivity contribution is 6.17. The topological polar surface area (TPSA) is 43.1 Å². The Bertz CT molecular complexity index is 454. The number of likely N-dealkylation sites (N-methyl/N-ethyl adjacent to an activating group) is 1. The van der Waals surface area contributed by atoms with Crippen LogP contribution in [0.5, 0.6) is 0 Å². The van der Waals surface area contributed by atoms with Crippen molar-refractivity contribution in [1.29, 1.82) is 0 Å². The van der Waals surface area contributed by atoms with Gasteiger partial charge in [-0.15, -0.1) is 11.6 Å². The molecule has 0 bridgehead atoms. The molecule has 0 aromatic heterocycles. The van der Waals surface area contributed by atoms with Gasteiger partial charge in [0.1, 0.15) is 6.54 Å². The first-order valence-electron chi connectivity index (χ1n) is 5.70. The van der Waals surface area contributed by atoms with Crippen molar-refractivity contribution in [3.8, 4) is 0 Å². The van der Waals surface area contributed by atoms with E-state index in [2.05, 4.69) is 7.05 Å². The zero-order chi connectivity index (χ0) is 12.5. The van der Waals surface area contributed by atoms with Crippen LogP contribution in [0.4, 0.5) is 5.69 Å². The van der Waals surface area contributed by atoms with E-state index in [-0.39, 0.29) is 23.0 Å². The Morgan fingerprint density at radius 1 is 1.50 bits per heavy atom. The minimum absolute atomic E-state index is 0. The van der Waals surface area contributed by atoms with Gasteiger partial charge in [-0.05, 0) is 5.56 Å². The molecule has 1 aromatic carbocycles. The van der Waals surface area contributed by atoms with Crippen LogP contribution >= 0.6 is 11.6 Å². The van der Waals surface area contributed by atoms with Crippen molar-refractivity contribution in [2.45, 2.75) is 13.0 Å². The minimum Gasteiger partial charge on any atom is -1.00 e. The fourth-order valence-electron chi connectivity index (χ4n) is 2.45. The quantitative estimate of drug-likeness (QED) is 0.321. The van der Waals surface area contributed by atoms with Crippen molar-refractivity contribution in [2.24, 2.45) is 0 Å². The maximum Gasteiger partial charge on any atom is 0.278 e. The second-order valence-electron chi connectivity index (χ2n) is 4.84. The summed E-state index contributed by atoms with van der Waals surface area (Å²) in [6, 6.07) is 5.36. The molecule has 1 aliphatic heterocycles. The normalized spacial score (nSPS) is 21.9. The fraction of sp³-hybridized carbons (Fsp3) is 0.500. The Morgan fingerprint density at radius 2 is 2.22 bits per heavy atom. The van der Waals surface area contributed by atoms with Crippen LogP contribution in [0.25, 0.3) is 0 Å². The molecule has 0 saturated heterocycles. The molecule has 0 saturated carbocycles. The summed E-state index contributed by atoms with van der Waals surface area (Å²) in [4.78, 5) is 10.7. The van der Waals surface area contributed by atoms with E-state index in [1.165, 1.54) is 0 Å². The first-order chi connectivity index (χ1) is 8.06. The molecule has 4 nitrogen and oxygen atoms in total. The van der Waals surface area contributed by atoms with Crippen molar-refractivity contribution >= 4 is 17.3 Å². The van der Waals surface area contributed by atoms with Gasteiger partial charge >= 0.3 is 0 Å². The average molecular weight is 291 g/mol. The van der Waals surface area contributed by atoms with Crippen LogP contribution in [0, 0.1) is 10.1 Å². The van der Waals surface area contributed by atoms with Crippen LogP contribution in [0.15, 0.2) is 18.2 Å². The zero-order valence-corrected chi connectivity index (χ0v) is 11.7. The van der Waals surface area contributed by atoms with Crippen molar-refractivity contribution in [2.75, 3.05) is 26.0 Å². The number of benzene rings is 1. The van der Waals surface area contributed by atoms with Crippen molar-refractivity contribution in [3.63, 3.8) is 0 Å². The first kappa shape index (κ1) is 15.2. The highest BCUT2D eigenvalue weighted by Gasteiger charge is 2.32. The predicted octanol–water partition coefficient (Wildman–Crippen LogP) is -0.660. The van der Waals surface area contributed by atoms with E-state index in [4.69, 9.17) is 11.6 Å². The Labute approximate surface area is 118 Å². The van der Waals surface area contributed by atoms with Gasteiger partial charge in [-0.25, -0.2) is 0 Å². The molecule has 0 radical (unpaired) electrons. The van der Waals surface area contributed by atoms with E-state index in [0.29, 0.717) is 12.4 Å². The molecule has 1 aromatic rings. The van der Waals surface area contributed by atoms with Gasteiger partial charge in [0.25, 0.3) is 5.69 Å². The summed E-state index contributed by atoms with van der Waals surface area (Å²) < 4.78 is 0.793. The number of hydrogen-bond donors (Lipinski definition) is 0. The number of nitro groups is 1. The number of fused-ring (bicyclic) bond motifs is 1. The zero-order valence-electron chi connectivity index (χ0n) is 10.2. The number of alkyl halides is 1. The van der Waals surface area contributed by atoms with Crippen LogP contribution in [0.2, 0.25) is 0 Å². The summed E-state index contributed by atoms with van der Waals surface area (Å²) in [6.07, 6.45) is 0.893. The molecule has 0 aliphatic carbocycles. The van der Waals surface area contributed by atoms with E-state index in [1.54, 1.807) is 12.1 Å². The number of hydrogen-bond acceptors (Lipinski definition) is 2. The lowest BCUT2D eigenvalue weighted by molar-refractivity contribution is -0.922. The van der Waals surface area contributed by atoms with Crippen LogP contribution in [-0.4, -0.2) is 35.4 Å². The monoisotopic (exact) mass is 290 g/mol. The van der Waals surface area contributed by atoms with E-state index in [0.717, 1.165) is 35.1 Å². The maximum atomic E-state index is 11.0. The summed E-state index contributed by atoms with van der Waals surface area (Å²) in [6.45, 7) is 2.56. The summed E-state index contributed by atoms with van der Waals surface area (Å²) in [5, 5.41) is 11.0. The minimum atomic E-state index is -0.283. The first-order valence-corrected chi connectivity index (χ1v) is 6.24. The molecule has 6 heteroatoms. The molecule has 1 atom stereocenters. The number of nitro benzene ring substituents is 1. The van der Waals surface area contributed by atoms with E-state index >= 15 is 0 Å². The number of quaternary nitrogens is 1. The van der Waals surface area contributed by atoms with Gasteiger partial charge in [0.15, 0.2) is 0 Å². The second kappa shape index (κ2) is 5.87. The second-order valence-corrected chi connectivity index (χ2v) is 5.21. The molecule has 0 amide bonds. The van der Waals surface area contributed by atoms with Crippen LogP contribution < -0.4 is 12.4 Å². The van der Waals surface area contributed by atoms with Gasteiger partial charge in [-0.3, -0.25) is 10.1 Å². The fourth-order valence-corrected chi connectivity index (χ4v) is 2.86. The van der Waals surface area contributed by atoms with Gasteiger partial charge in [0.2, 0.25) is 0 Å². The Balaban J connectivity index is 0.00000162. The molecular weight excluding hydrogens is 275 g/mol. The smallest absolute Gasteiger partial charge is 0.278 e. The highest BCUT2D eigenvalue weighted by atomic mass is 35.5. The summed E-state index contributed by atoms with van der Waals surface area (Å²) in [7, 11) is 2.11. The summed E-state index contributed by atoms with van der Waals surface area (Å²) >= 11 is 5.80. The molecule has 1 unspecified atom stereocenters. The molecule has 0 spiro atoms. The van der Waals surface area contributed by atoms with E-state index in [9.17, 15) is 10.1 Å². The molecular formula is C12H16Cl2N2O2. The molecule has 18 heavy (non-hydrogen) atoms. The standard InChI is InChI=1S/C12H16ClN2O2.ClH/c1-15(8-6-13)7-5-10-3-2-4-12(14(16)17)11(10)9-15;/h2-4H,5-9H2,1H3;1H/q+1;/p-1. The van der Waals surface area contributed by atoms with Crippen LogP contribution in [0.1, 0.15) is 11.1 Å². The third-order valence-electron chi connectivity index (χ3n) is 3.53. The van der Waals surface area contributed by atoms with Crippen LogP contribution in [0.3, 0.4) is 0 Å². The maximum absolute atomic E-state index is 11.0. The van der Waals surface area contributed by atoms with Gasteiger partial charge < -0.3 is 16.9 Å². The third kappa shape index (κ3) is 2.94. The number of halogens is 2. The average Bonchev–Trinajstić information content (AvgIpc) is 2.28. The SMILES string of the molecule is C[N+]1(CCCl)CCc2cccc([N+](=O)[O-])c2C1.[Cl-]. The van der Waals surface area contributed by atoms with Crippen LogP contribution in [-0.2, 0) is 13.0 Å². The Morgan fingerprint density at radius 3 is 2.83 bits per heavy atom. The number of nitrogens with zero attached hydrogens (tertiary/aromatic N) is 2. The third-order valence-corrected chi connectivity index (χ3v) is 3.70. The molecule has 1 heterocycles. The molecule has 0 fully saturated rings. The summed E-state index contributed by atoms with van der Waals surface area (Å²) in [5.41, 5.74) is 2.25. The largest absolute Gasteiger partial charge is 1.00 e.